The molecule has 0 amide bonds. The standard InChI is InChI=1S/C14H14O3/c1-2-13(15)12(14(16)17)10-6-9-11-7-4-3-5-8-11/h2-9,12H,1,10H2,(H,16,17)/b9-6+. The Hall–Kier alpha value is -2.16. The summed E-state index contributed by atoms with van der Waals surface area (Å²) >= 11 is 0. The zero-order valence-electron chi connectivity index (χ0n) is 9.37. The third-order valence-electron chi connectivity index (χ3n) is 2.32. The number of benzene rings is 1. The maximum Gasteiger partial charge on any atom is 0.314 e. The Balaban J connectivity index is 2.64. The van der Waals surface area contributed by atoms with Crippen LogP contribution in [0.1, 0.15) is 12.0 Å². The molecule has 0 aliphatic heterocycles. The third kappa shape index (κ3) is 4.07. The molecule has 1 aromatic carbocycles. The molecule has 0 aliphatic rings. The van der Waals surface area contributed by atoms with Crippen molar-refractivity contribution in [2.24, 2.45) is 5.92 Å². The number of carbonyl (C=O) groups excluding carboxylic acids is 1. The Morgan fingerprint density at radius 3 is 2.47 bits per heavy atom. The second-order valence-electron chi connectivity index (χ2n) is 3.55. The van der Waals surface area contributed by atoms with Crippen molar-refractivity contribution in [2.45, 2.75) is 6.42 Å². The minimum absolute atomic E-state index is 0.176. The zero-order valence-corrected chi connectivity index (χ0v) is 9.37. The molecule has 17 heavy (non-hydrogen) atoms. The Morgan fingerprint density at radius 2 is 1.94 bits per heavy atom. The van der Waals surface area contributed by atoms with Crippen molar-refractivity contribution in [2.75, 3.05) is 0 Å². The predicted octanol–water partition coefficient (Wildman–Crippen LogP) is 2.55. The summed E-state index contributed by atoms with van der Waals surface area (Å²) in [5, 5.41) is 8.87. The molecule has 1 aromatic rings. The third-order valence-corrected chi connectivity index (χ3v) is 2.32. The van der Waals surface area contributed by atoms with Crippen LogP contribution in [0.2, 0.25) is 0 Å². The number of rotatable bonds is 6. The van der Waals surface area contributed by atoms with Crippen LogP contribution in [0.25, 0.3) is 6.08 Å². The summed E-state index contributed by atoms with van der Waals surface area (Å²) in [4.78, 5) is 22.1. The van der Waals surface area contributed by atoms with Gasteiger partial charge in [-0.15, -0.1) is 0 Å². The summed E-state index contributed by atoms with van der Waals surface area (Å²) < 4.78 is 0. The molecular formula is C14H14O3. The van der Waals surface area contributed by atoms with E-state index in [4.69, 9.17) is 5.11 Å². The van der Waals surface area contributed by atoms with Gasteiger partial charge >= 0.3 is 5.97 Å². The highest BCUT2D eigenvalue weighted by molar-refractivity contribution is 6.04. The highest BCUT2D eigenvalue weighted by atomic mass is 16.4. The van der Waals surface area contributed by atoms with Crippen molar-refractivity contribution in [3.8, 4) is 0 Å². The first-order chi connectivity index (χ1) is 8.15. The maximum atomic E-state index is 11.3. The molecule has 0 radical (unpaired) electrons. The molecule has 1 atom stereocenters. The molecule has 0 spiro atoms. The van der Waals surface area contributed by atoms with Gasteiger partial charge in [0.05, 0.1) is 0 Å². The second-order valence-corrected chi connectivity index (χ2v) is 3.55. The fourth-order valence-electron chi connectivity index (χ4n) is 1.39. The molecular weight excluding hydrogens is 216 g/mol. The zero-order chi connectivity index (χ0) is 12.7. The average molecular weight is 230 g/mol. The smallest absolute Gasteiger partial charge is 0.314 e. The van der Waals surface area contributed by atoms with Gasteiger partial charge in [-0.25, -0.2) is 0 Å². The van der Waals surface area contributed by atoms with Gasteiger partial charge in [0.1, 0.15) is 5.92 Å². The highest BCUT2D eigenvalue weighted by Gasteiger charge is 2.21. The molecule has 0 aliphatic carbocycles. The Morgan fingerprint density at radius 1 is 1.29 bits per heavy atom. The molecule has 3 nitrogen and oxygen atoms in total. The summed E-state index contributed by atoms with van der Waals surface area (Å²) in [6, 6.07) is 9.49. The first kappa shape index (κ1) is 12.9. The van der Waals surface area contributed by atoms with E-state index in [1.807, 2.05) is 30.3 Å². The predicted molar refractivity (Wildman–Crippen MR) is 66.4 cm³/mol. The number of ketones is 1. The van der Waals surface area contributed by atoms with Crippen LogP contribution in [0.15, 0.2) is 49.1 Å². The minimum Gasteiger partial charge on any atom is -0.481 e. The van der Waals surface area contributed by atoms with Gasteiger partial charge in [0.25, 0.3) is 0 Å². The maximum absolute atomic E-state index is 11.3. The van der Waals surface area contributed by atoms with Crippen molar-refractivity contribution in [3.63, 3.8) is 0 Å². The lowest BCUT2D eigenvalue weighted by Crippen LogP contribution is -2.21. The lowest BCUT2D eigenvalue weighted by atomic mass is 9.99. The molecule has 0 bridgehead atoms. The molecule has 1 rings (SSSR count). The fraction of sp³-hybridized carbons (Fsp3) is 0.143. The van der Waals surface area contributed by atoms with Gasteiger partial charge in [-0.3, -0.25) is 9.59 Å². The summed E-state index contributed by atoms with van der Waals surface area (Å²) in [5.41, 5.74) is 0.975. The molecule has 0 aromatic heterocycles. The lowest BCUT2D eigenvalue weighted by molar-refractivity contribution is -0.144. The van der Waals surface area contributed by atoms with Crippen LogP contribution in [-0.4, -0.2) is 16.9 Å². The number of carboxylic acids is 1. The van der Waals surface area contributed by atoms with E-state index >= 15 is 0 Å². The second kappa shape index (κ2) is 6.43. The molecule has 3 heteroatoms. The number of hydrogen-bond donors (Lipinski definition) is 1. The normalized spacial score (nSPS) is 12.2. The highest BCUT2D eigenvalue weighted by Crippen LogP contribution is 2.09. The Labute approximate surface area is 100 Å². The first-order valence-corrected chi connectivity index (χ1v) is 5.26. The number of allylic oxidation sites excluding steroid dienone is 2. The van der Waals surface area contributed by atoms with E-state index in [0.29, 0.717) is 0 Å². The summed E-state index contributed by atoms with van der Waals surface area (Å²) in [7, 11) is 0. The van der Waals surface area contributed by atoms with E-state index in [-0.39, 0.29) is 6.42 Å². The van der Waals surface area contributed by atoms with E-state index in [1.54, 1.807) is 12.2 Å². The molecule has 1 N–H and O–H groups in total. The van der Waals surface area contributed by atoms with Gasteiger partial charge in [-0.1, -0.05) is 49.1 Å². The Bertz CT molecular complexity index is 432. The number of carboxylic acid groups (broad SMARTS) is 1. The SMILES string of the molecule is C=CC(=O)C(C/C=C/c1ccccc1)C(=O)O. The van der Waals surface area contributed by atoms with E-state index < -0.39 is 17.7 Å². The number of aliphatic carboxylic acids is 1. The molecule has 0 heterocycles. The lowest BCUT2D eigenvalue weighted by Gasteiger charge is -2.04. The van der Waals surface area contributed by atoms with E-state index in [0.717, 1.165) is 11.6 Å². The quantitative estimate of drug-likeness (QED) is 0.603. The van der Waals surface area contributed by atoms with E-state index in [9.17, 15) is 9.59 Å². The Kier molecular flexibility index (Phi) is 4.88. The van der Waals surface area contributed by atoms with E-state index in [2.05, 4.69) is 6.58 Å². The van der Waals surface area contributed by atoms with Crippen LogP contribution in [0.4, 0.5) is 0 Å². The summed E-state index contributed by atoms with van der Waals surface area (Å²) in [6.45, 7) is 3.29. The van der Waals surface area contributed by atoms with Crippen LogP contribution in [0, 0.1) is 5.92 Å². The van der Waals surface area contributed by atoms with Gasteiger partial charge < -0.3 is 5.11 Å². The van der Waals surface area contributed by atoms with Gasteiger partial charge in [-0.2, -0.15) is 0 Å². The van der Waals surface area contributed by atoms with Crippen LogP contribution in [0.5, 0.6) is 0 Å². The average Bonchev–Trinajstić information content (AvgIpc) is 2.34. The molecule has 0 fully saturated rings. The number of hydrogen-bond acceptors (Lipinski definition) is 2. The monoisotopic (exact) mass is 230 g/mol. The van der Waals surface area contributed by atoms with Crippen LogP contribution >= 0.6 is 0 Å². The molecule has 0 saturated carbocycles. The molecule has 0 saturated heterocycles. The summed E-state index contributed by atoms with van der Waals surface area (Å²) in [5.74, 6) is -2.62. The summed E-state index contributed by atoms with van der Waals surface area (Å²) in [6.07, 6.45) is 4.71. The van der Waals surface area contributed by atoms with Gasteiger partial charge in [-0.05, 0) is 18.1 Å². The van der Waals surface area contributed by atoms with Crippen LogP contribution < -0.4 is 0 Å². The first-order valence-electron chi connectivity index (χ1n) is 5.26. The fourth-order valence-corrected chi connectivity index (χ4v) is 1.39. The van der Waals surface area contributed by atoms with Gasteiger partial charge in [0.2, 0.25) is 0 Å². The van der Waals surface area contributed by atoms with Crippen molar-refractivity contribution in [1.82, 2.24) is 0 Å². The van der Waals surface area contributed by atoms with Crippen molar-refractivity contribution in [3.05, 3.63) is 54.6 Å². The largest absolute Gasteiger partial charge is 0.481 e. The van der Waals surface area contributed by atoms with Crippen molar-refractivity contribution < 1.29 is 14.7 Å². The van der Waals surface area contributed by atoms with Gasteiger partial charge in [0.15, 0.2) is 5.78 Å². The minimum atomic E-state index is -1.12. The van der Waals surface area contributed by atoms with Crippen molar-refractivity contribution >= 4 is 17.8 Å². The molecule has 1 unspecified atom stereocenters. The van der Waals surface area contributed by atoms with Crippen LogP contribution in [-0.2, 0) is 9.59 Å². The topological polar surface area (TPSA) is 54.4 Å². The van der Waals surface area contributed by atoms with Gasteiger partial charge in [0, 0.05) is 0 Å². The number of carbonyl (C=O) groups is 2. The van der Waals surface area contributed by atoms with E-state index in [1.165, 1.54) is 0 Å². The van der Waals surface area contributed by atoms with Crippen molar-refractivity contribution in [1.29, 1.82) is 0 Å². The molecule has 88 valence electrons. The van der Waals surface area contributed by atoms with Crippen LogP contribution in [0.3, 0.4) is 0 Å².